The van der Waals surface area contributed by atoms with E-state index in [0.717, 1.165) is 74.3 Å². The van der Waals surface area contributed by atoms with Crippen molar-refractivity contribution in [1.29, 1.82) is 0 Å². The molecule has 0 radical (unpaired) electrons. The first-order valence-corrected chi connectivity index (χ1v) is 19.4. The molecule has 3 amide bonds. The molecule has 1 aliphatic carbocycles. The van der Waals surface area contributed by atoms with Crippen LogP contribution in [0.3, 0.4) is 0 Å². The number of nitrogens with zero attached hydrogens (tertiary/aromatic N) is 10. The number of imidazole rings is 1. The Hall–Kier alpha value is -5.84. The Morgan fingerprint density at radius 1 is 0.893 bits per heavy atom. The average Bonchev–Trinajstić information content (AvgIpc) is 3.90. The molecule has 4 aliphatic rings. The number of hydrogen-bond donors (Lipinski definition) is 2. The highest BCUT2D eigenvalue weighted by atomic mass is 19.1. The number of aromatic nitrogens is 6. The number of pyridine rings is 1. The zero-order chi connectivity index (χ0) is 38.8. The Labute approximate surface area is 321 Å². The Balaban J connectivity index is 0.835. The van der Waals surface area contributed by atoms with Crippen molar-refractivity contribution in [3.63, 3.8) is 0 Å². The van der Waals surface area contributed by atoms with E-state index in [-0.39, 0.29) is 30.3 Å². The van der Waals surface area contributed by atoms with E-state index in [9.17, 15) is 19.2 Å². The van der Waals surface area contributed by atoms with Crippen LogP contribution in [-0.2, 0) is 16.6 Å². The number of fused-ring (bicyclic) bond motifs is 2. The van der Waals surface area contributed by atoms with Crippen LogP contribution >= 0.6 is 0 Å². The number of halogens is 1. The number of piperazine rings is 1. The van der Waals surface area contributed by atoms with Gasteiger partial charge in [-0.15, -0.1) is 0 Å². The summed E-state index contributed by atoms with van der Waals surface area (Å²) in [4.78, 5) is 73.5. The minimum absolute atomic E-state index is 0.0431. The van der Waals surface area contributed by atoms with Gasteiger partial charge in [-0.2, -0.15) is 4.98 Å². The number of carbonyl (C=O) groups excluding carboxylic acids is 3. The average molecular weight is 765 g/mol. The number of imide groups is 1. The molecule has 4 fully saturated rings. The van der Waals surface area contributed by atoms with Crippen molar-refractivity contribution >= 4 is 62.9 Å². The minimum atomic E-state index is -0.950. The molecule has 1 aromatic carbocycles. The topological polar surface area (TPSA) is 159 Å². The number of nitrogens with one attached hydrogen (secondary N) is 2. The number of carbonyl (C=O) groups is 3. The number of amides is 3. The SMILES string of the molecule is CN(C)C(=O)c1cc2cnc(Nc3ccc(N4CC(N5CCN(c6ccc(F)c7c6n(C)c(=O)n7C6CCC(=O)NC6=O)CC5)C4)cn3)nc2n1C1CCCC1. The Bertz CT molecular complexity index is 2420. The van der Waals surface area contributed by atoms with Crippen molar-refractivity contribution in [3.8, 4) is 0 Å². The van der Waals surface area contributed by atoms with Crippen LogP contribution in [0.1, 0.15) is 61.1 Å². The molecule has 4 aromatic heterocycles. The van der Waals surface area contributed by atoms with Crippen molar-refractivity contribution < 1.29 is 18.8 Å². The zero-order valence-electron chi connectivity index (χ0n) is 31.7. The van der Waals surface area contributed by atoms with Gasteiger partial charge in [-0.3, -0.25) is 33.7 Å². The van der Waals surface area contributed by atoms with Crippen LogP contribution in [-0.4, -0.2) is 116 Å². The summed E-state index contributed by atoms with van der Waals surface area (Å²) in [5, 5.41) is 6.38. The highest BCUT2D eigenvalue weighted by molar-refractivity contribution is 6.01. The van der Waals surface area contributed by atoms with Crippen LogP contribution < -0.4 is 26.1 Å². The summed E-state index contributed by atoms with van der Waals surface area (Å²) < 4.78 is 20.1. The van der Waals surface area contributed by atoms with Crippen molar-refractivity contribution in [2.24, 2.45) is 7.05 Å². The van der Waals surface area contributed by atoms with Crippen molar-refractivity contribution in [3.05, 3.63) is 64.7 Å². The second-order valence-electron chi connectivity index (χ2n) is 15.6. The summed E-state index contributed by atoms with van der Waals surface area (Å²) in [5.74, 6) is -0.543. The molecule has 56 heavy (non-hydrogen) atoms. The van der Waals surface area contributed by atoms with Gasteiger partial charge in [0.1, 0.15) is 34.5 Å². The maximum atomic E-state index is 15.4. The lowest BCUT2D eigenvalue weighted by Crippen LogP contribution is -2.63. The molecule has 1 unspecified atom stereocenters. The van der Waals surface area contributed by atoms with Gasteiger partial charge in [0.15, 0.2) is 0 Å². The standard InChI is InChI=1S/C39H45FN12O4/c1-46(2)37(55)30-18-23-19-42-38(45-35(23)51(30)24-6-4-5-7-24)43-31-12-8-25(20-41-31)50-21-26(22-50)48-14-16-49(17-15-48)28-10-9-27(40)33-34(28)47(3)39(56)52(33)29-11-13-32(53)44-36(29)54/h8-10,12,18-20,24,26,29H,4-7,11,13-17,21-22H2,1-3H3,(H,44,53,54)(H,41,42,43,45). The molecule has 3 aliphatic heterocycles. The maximum absolute atomic E-state index is 15.4. The molecule has 17 heteroatoms. The molecule has 7 heterocycles. The first-order chi connectivity index (χ1) is 27.0. The van der Waals surface area contributed by atoms with Gasteiger partial charge in [0.05, 0.1) is 23.1 Å². The first-order valence-electron chi connectivity index (χ1n) is 19.4. The van der Waals surface area contributed by atoms with E-state index in [4.69, 9.17) is 4.98 Å². The highest BCUT2D eigenvalue weighted by Crippen LogP contribution is 2.36. The van der Waals surface area contributed by atoms with E-state index < -0.39 is 29.4 Å². The molecule has 5 aromatic rings. The normalized spacial score (nSPS) is 19.9. The molecule has 0 bridgehead atoms. The van der Waals surface area contributed by atoms with Gasteiger partial charge in [-0.25, -0.2) is 19.2 Å². The fourth-order valence-corrected chi connectivity index (χ4v) is 8.91. The van der Waals surface area contributed by atoms with Gasteiger partial charge in [-0.05, 0) is 49.6 Å². The molecule has 292 valence electrons. The van der Waals surface area contributed by atoms with Crippen LogP contribution in [0.15, 0.2) is 47.5 Å². The summed E-state index contributed by atoms with van der Waals surface area (Å²) >= 11 is 0. The quantitative estimate of drug-likeness (QED) is 0.224. The van der Waals surface area contributed by atoms with Crippen LogP contribution in [0.5, 0.6) is 0 Å². The number of aryl methyl sites for hydroxylation is 1. The molecular formula is C39H45FN12O4. The number of piperidine rings is 1. The highest BCUT2D eigenvalue weighted by Gasteiger charge is 2.36. The molecule has 0 spiro atoms. The van der Waals surface area contributed by atoms with Gasteiger partial charge in [0.2, 0.25) is 17.8 Å². The van der Waals surface area contributed by atoms with Crippen LogP contribution in [0, 0.1) is 5.82 Å². The fraction of sp³-hybridized carbons (Fsp3) is 0.462. The molecular weight excluding hydrogens is 720 g/mol. The van der Waals surface area contributed by atoms with Crippen molar-refractivity contribution in [1.82, 2.24) is 43.8 Å². The third-order valence-corrected chi connectivity index (χ3v) is 11.9. The van der Waals surface area contributed by atoms with Crippen molar-refractivity contribution in [2.75, 3.05) is 68.5 Å². The second kappa shape index (κ2) is 14.0. The van der Waals surface area contributed by atoms with E-state index >= 15 is 4.39 Å². The molecule has 3 saturated heterocycles. The van der Waals surface area contributed by atoms with E-state index in [1.54, 1.807) is 38.3 Å². The summed E-state index contributed by atoms with van der Waals surface area (Å²) in [6.07, 6.45) is 8.17. The predicted molar refractivity (Wildman–Crippen MR) is 209 cm³/mol. The molecule has 16 nitrogen and oxygen atoms in total. The Kier molecular flexibility index (Phi) is 8.98. The van der Waals surface area contributed by atoms with Gasteiger partial charge in [0, 0.05) is 90.5 Å². The van der Waals surface area contributed by atoms with Crippen LogP contribution in [0.2, 0.25) is 0 Å². The maximum Gasteiger partial charge on any atom is 0.329 e. The van der Waals surface area contributed by atoms with Gasteiger partial charge in [0.25, 0.3) is 5.91 Å². The van der Waals surface area contributed by atoms with Gasteiger partial charge in [-0.1, -0.05) is 12.8 Å². The number of anilines is 4. The fourth-order valence-electron chi connectivity index (χ4n) is 8.91. The minimum Gasteiger partial charge on any atom is -0.367 e. The summed E-state index contributed by atoms with van der Waals surface area (Å²) in [5.41, 5.74) is 3.22. The van der Waals surface area contributed by atoms with E-state index in [1.807, 2.05) is 24.4 Å². The Morgan fingerprint density at radius 2 is 1.66 bits per heavy atom. The monoisotopic (exact) mass is 764 g/mol. The lowest BCUT2D eigenvalue weighted by Gasteiger charge is -2.49. The third-order valence-electron chi connectivity index (χ3n) is 11.9. The second-order valence-corrected chi connectivity index (χ2v) is 15.6. The van der Waals surface area contributed by atoms with Crippen LogP contribution in [0.4, 0.5) is 27.5 Å². The zero-order valence-corrected chi connectivity index (χ0v) is 31.7. The van der Waals surface area contributed by atoms with Crippen LogP contribution in [0.25, 0.3) is 22.1 Å². The molecule has 1 atom stereocenters. The van der Waals surface area contributed by atoms with E-state index in [0.29, 0.717) is 42.1 Å². The largest absolute Gasteiger partial charge is 0.367 e. The lowest BCUT2D eigenvalue weighted by atomic mass is 10.0. The summed E-state index contributed by atoms with van der Waals surface area (Å²) in [6.45, 7) is 4.74. The molecule has 1 saturated carbocycles. The summed E-state index contributed by atoms with van der Waals surface area (Å²) in [6, 6.07) is 8.60. The third kappa shape index (κ3) is 6.13. The lowest BCUT2D eigenvalue weighted by molar-refractivity contribution is -0.135. The molecule has 9 rings (SSSR count). The van der Waals surface area contributed by atoms with E-state index in [1.165, 1.54) is 15.2 Å². The first kappa shape index (κ1) is 35.8. The van der Waals surface area contributed by atoms with Gasteiger partial charge < -0.3 is 24.6 Å². The van der Waals surface area contributed by atoms with Gasteiger partial charge >= 0.3 is 5.69 Å². The predicted octanol–water partition coefficient (Wildman–Crippen LogP) is 3.17. The Morgan fingerprint density at radius 3 is 2.36 bits per heavy atom. The number of rotatable bonds is 8. The van der Waals surface area contributed by atoms with Crippen molar-refractivity contribution in [2.45, 2.75) is 56.7 Å². The number of hydrogen-bond acceptors (Lipinski definition) is 11. The smallest absolute Gasteiger partial charge is 0.329 e. The molecule has 2 N–H and O–H groups in total. The van der Waals surface area contributed by atoms with E-state index in [2.05, 4.69) is 39.9 Å². The number of benzene rings is 1. The summed E-state index contributed by atoms with van der Waals surface area (Å²) in [7, 11) is 5.13.